The fourth-order valence-corrected chi connectivity index (χ4v) is 6.14. The summed E-state index contributed by atoms with van der Waals surface area (Å²) in [5.74, 6) is 0.0769. The molecular formula is C44H56ClN5O7S. The van der Waals surface area contributed by atoms with Crippen LogP contribution in [0.25, 0.3) is 10.8 Å². The van der Waals surface area contributed by atoms with Crippen LogP contribution in [0.1, 0.15) is 69.7 Å². The SMILES string of the molecule is C#C.C#C.C#C.C=C.COC(=O)c1cccc(N[C@@H](C(=O)N2CCC[C@H]2C(=O)NC2CC2)C(C)(C)C)c1.COc1c[nH]c(=O)c2cc(Cl)ccc12.O=CNSC1CC1. The summed E-state index contributed by atoms with van der Waals surface area (Å²) in [5, 5.41) is 8.90. The summed E-state index contributed by atoms with van der Waals surface area (Å²) in [4.78, 5) is 63.3. The zero-order chi connectivity index (χ0) is 44.4. The Bertz CT molecular complexity index is 1870. The molecular weight excluding hydrogens is 778 g/mol. The van der Waals surface area contributed by atoms with Gasteiger partial charge >= 0.3 is 5.97 Å². The van der Waals surface area contributed by atoms with Gasteiger partial charge in [0.2, 0.25) is 18.2 Å². The van der Waals surface area contributed by atoms with E-state index in [0.717, 1.165) is 36.3 Å². The highest BCUT2D eigenvalue weighted by atomic mass is 35.5. The number of hydrogen-bond donors (Lipinski definition) is 4. The minimum Gasteiger partial charge on any atom is -0.495 e. The number of H-pyrrole nitrogens is 1. The van der Waals surface area contributed by atoms with Crippen LogP contribution in [0, 0.1) is 44.0 Å². The van der Waals surface area contributed by atoms with Crippen molar-refractivity contribution in [3.63, 3.8) is 0 Å². The summed E-state index contributed by atoms with van der Waals surface area (Å²) < 4.78 is 12.4. The lowest BCUT2D eigenvalue weighted by Crippen LogP contribution is -2.54. The van der Waals surface area contributed by atoms with Gasteiger partial charge in [-0.25, -0.2) is 4.79 Å². The minimum absolute atomic E-state index is 0.0429. The van der Waals surface area contributed by atoms with Crippen molar-refractivity contribution in [2.45, 2.75) is 82.7 Å². The van der Waals surface area contributed by atoms with E-state index in [1.54, 1.807) is 54.6 Å². The number of carbonyl (C=O) groups is 4. The number of methoxy groups -OCH3 is 2. The summed E-state index contributed by atoms with van der Waals surface area (Å²) in [5.41, 5.74) is 0.529. The maximum absolute atomic E-state index is 13.5. The second-order valence-corrected chi connectivity index (χ2v) is 15.0. The van der Waals surface area contributed by atoms with Crippen molar-refractivity contribution in [1.82, 2.24) is 19.9 Å². The molecule has 2 atom stereocenters. The number of nitrogens with zero attached hydrogens (tertiary/aromatic N) is 1. The number of fused-ring (bicyclic) bond motifs is 1. The zero-order valence-corrected chi connectivity index (χ0v) is 35.5. The lowest BCUT2D eigenvalue weighted by Gasteiger charge is -2.36. The normalized spacial score (nSPS) is 15.0. The average Bonchev–Trinajstić information content (AvgIpc) is 4.20. The van der Waals surface area contributed by atoms with E-state index in [9.17, 15) is 24.0 Å². The number of nitrogens with one attached hydrogen (secondary N) is 4. The molecule has 6 rings (SSSR count). The lowest BCUT2D eigenvalue weighted by molar-refractivity contribution is -0.140. The number of rotatable bonds is 10. The number of pyridine rings is 1. The number of benzene rings is 2. The second-order valence-electron chi connectivity index (χ2n) is 13.4. The van der Waals surface area contributed by atoms with Crippen LogP contribution in [0.4, 0.5) is 5.69 Å². The van der Waals surface area contributed by atoms with Crippen LogP contribution >= 0.6 is 23.5 Å². The number of carbonyl (C=O) groups excluding carboxylic acids is 4. The highest BCUT2D eigenvalue weighted by molar-refractivity contribution is 7.98. The summed E-state index contributed by atoms with van der Waals surface area (Å²) >= 11 is 7.32. The highest BCUT2D eigenvalue weighted by Crippen LogP contribution is 2.31. The largest absolute Gasteiger partial charge is 0.495 e. The van der Waals surface area contributed by atoms with Crippen molar-refractivity contribution in [3.8, 4) is 44.3 Å². The molecule has 1 saturated heterocycles. The molecule has 2 aliphatic carbocycles. The number of anilines is 1. The molecule has 2 aromatic carbocycles. The van der Waals surface area contributed by atoms with Crippen LogP contribution < -0.4 is 25.7 Å². The number of halogens is 1. The lowest BCUT2D eigenvalue weighted by atomic mass is 9.85. The summed E-state index contributed by atoms with van der Waals surface area (Å²) in [7, 11) is 2.89. The topological polar surface area (TPSA) is 159 Å². The monoisotopic (exact) mass is 833 g/mol. The van der Waals surface area contributed by atoms with Crippen LogP contribution in [0.15, 0.2) is 66.6 Å². The molecule has 0 spiro atoms. The van der Waals surface area contributed by atoms with Gasteiger partial charge in [0.1, 0.15) is 17.8 Å². The molecule has 1 aliphatic heterocycles. The van der Waals surface area contributed by atoms with Gasteiger partial charge in [0, 0.05) is 40.1 Å². The molecule has 0 bridgehead atoms. The number of aromatic amines is 1. The molecule has 3 fully saturated rings. The number of hydrogen-bond acceptors (Lipinski definition) is 9. The smallest absolute Gasteiger partial charge is 0.337 e. The molecule has 14 heteroatoms. The quantitative estimate of drug-likeness (QED) is 0.0564. The van der Waals surface area contributed by atoms with E-state index in [1.165, 1.54) is 31.9 Å². The molecule has 2 saturated carbocycles. The first kappa shape index (κ1) is 52.2. The third-order valence-electron chi connectivity index (χ3n) is 8.32. The molecule has 312 valence electrons. The van der Waals surface area contributed by atoms with Crippen LogP contribution in [0.5, 0.6) is 5.75 Å². The van der Waals surface area contributed by atoms with Gasteiger partial charge in [0.05, 0.1) is 25.2 Å². The van der Waals surface area contributed by atoms with Gasteiger partial charge in [0.25, 0.3) is 5.56 Å². The van der Waals surface area contributed by atoms with Gasteiger partial charge in [-0.05, 0) is 92.3 Å². The number of likely N-dealkylation sites (tertiary alicyclic amines) is 1. The van der Waals surface area contributed by atoms with Crippen molar-refractivity contribution in [3.05, 3.63) is 82.8 Å². The fraction of sp³-hybridized carbons (Fsp3) is 0.386. The van der Waals surface area contributed by atoms with Gasteiger partial charge in [-0.15, -0.1) is 51.7 Å². The van der Waals surface area contributed by atoms with E-state index in [2.05, 4.69) is 72.0 Å². The molecule has 58 heavy (non-hydrogen) atoms. The molecule has 2 heterocycles. The summed E-state index contributed by atoms with van der Waals surface area (Å²) in [6.45, 7) is 12.5. The Kier molecular flexibility index (Phi) is 25.0. The number of terminal acetylenes is 3. The standard InChI is InChI=1S/C22H31N3O4.C10H8ClNO2.C4H7NOS.C2H4.3C2H2/c1-22(2,3)18(23-16-8-5-7-14(13-16)21(28)29-4)20(27)25-12-6-9-17(25)19(26)24-15-10-11-15;1-14-9-5-12-10(13)8-4-6(11)2-3-7(8)9;6-3-5-7-4-1-2-4;4*1-2/h5,7-8,13,15,17-18,23H,6,9-12H2,1-4H3,(H,24,26);2-5H,1H3,(H,12,13);3-4H,1-2H2,(H,5,6);1-2H2;3*1-2H/t17-,18-;;;;;;/m0....../s1. The highest BCUT2D eigenvalue weighted by Gasteiger charge is 2.42. The van der Waals surface area contributed by atoms with E-state index in [0.29, 0.717) is 40.4 Å². The Morgan fingerprint density at radius 3 is 2.14 bits per heavy atom. The van der Waals surface area contributed by atoms with Gasteiger partial charge < -0.3 is 34.7 Å². The van der Waals surface area contributed by atoms with Crippen LogP contribution in [-0.2, 0) is 19.1 Å². The van der Waals surface area contributed by atoms with Crippen LogP contribution in [0.2, 0.25) is 5.02 Å². The molecule has 0 unspecified atom stereocenters. The predicted molar refractivity (Wildman–Crippen MR) is 237 cm³/mol. The van der Waals surface area contributed by atoms with E-state index in [1.807, 2.05) is 26.8 Å². The van der Waals surface area contributed by atoms with Crippen molar-refractivity contribution in [2.24, 2.45) is 5.41 Å². The third kappa shape index (κ3) is 17.1. The number of ether oxygens (including phenoxy) is 2. The molecule has 1 aromatic heterocycles. The molecule has 0 radical (unpaired) electrons. The third-order valence-corrected chi connectivity index (χ3v) is 9.60. The van der Waals surface area contributed by atoms with E-state index in [4.69, 9.17) is 21.1 Å². The zero-order valence-electron chi connectivity index (χ0n) is 33.9. The van der Waals surface area contributed by atoms with Crippen molar-refractivity contribution >= 4 is 64.2 Å². The van der Waals surface area contributed by atoms with Gasteiger partial charge in [0.15, 0.2) is 0 Å². The molecule has 4 N–H and O–H groups in total. The van der Waals surface area contributed by atoms with Crippen molar-refractivity contribution in [2.75, 3.05) is 26.1 Å². The average molecular weight is 834 g/mol. The molecule has 3 amide bonds. The number of esters is 1. The maximum Gasteiger partial charge on any atom is 0.337 e. The Hall–Kier alpha value is -5.81. The van der Waals surface area contributed by atoms with Gasteiger partial charge in [-0.1, -0.05) is 38.4 Å². The maximum atomic E-state index is 13.5. The van der Waals surface area contributed by atoms with Gasteiger partial charge in [-0.3, -0.25) is 19.2 Å². The Balaban J connectivity index is 0.000000923. The fourth-order valence-electron chi connectivity index (χ4n) is 5.35. The van der Waals surface area contributed by atoms with Crippen molar-refractivity contribution < 1.29 is 28.7 Å². The van der Waals surface area contributed by atoms with Crippen molar-refractivity contribution in [1.29, 1.82) is 0 Å². The van der Waals surface area contributed by atoms with Gasteiger partial charge in [-0.2, -0.15) is 0 Å². The first-order chi connectivity index (χ1) is 27.9. The van der Waals surface area contributed by atoms with E-state index in [-0.39, 0.29) is 23.4 Å². The van der Waals surface area contributed by atoms with Crippen LogP contribution in [-0.4, -0.2) is 78.2 Å². The predicted octanol–water partition coefficient (Wildman–Crippen LogP) is 6.85. The Morgan fingerprint density at radius 1 is 0.966 bits per heavy atom. The number of amides is 3. The Morgan fingerprint density at radius 2 is 1.60 bits per heavy atom. The summed E-state index contributed by atoms with van der Waals surface area (Å²) in [6, 6.07) is 11.4. The first-order valence-corrected chi connectivity index (χ1v) is 19.4. The minimum atomic E-state index is -0.537. The first-order valence-electron chi connectivity index (χ1n) is 18.1. The molecule has 3 aliphatic rings. The number of aromatic nitrogens is 1. The molecule has 3 aromatic rings. The molecule has 12 nitrogen and oxygen atoms in total. The second kappa shape index (κ2) is 27.7. The van der Waals surface area contributed by atoms with E-state index < -0.39 is 23.5 Å². The summed E-state index contributed by atoms with van der Waals surface area (Å²) in [6.07, 6.45) is 32.4. The van der Waals surface area contributed by atoms with Crippen LogP contribution in [0.3, 0.4) is 0 Å². The van der Waals surface area contributed by atoms with E-state index >= 15 is 0 Å². The Labute approximate surface area is 352 Å².